The van der Waals surface area contributed by atoms with Gasteiger partial charge in [-0.25, -0.2) is 17.6 Å². The first-order chi connectivity index (χ1) is 16.5. The topological polar surface area (TPSA) is 96.5 Å². The third kappa shape index (κ3) is 5.52. The van der Waals surface area contributed by atoms with Crippen LogP contribution in [0.25, 0.3) is 0 Å². The Morgan fingerprint density at radius 3 is 2.20 bits per heavy atom. The third-order valence-corrected chi connectivity index (χ3v) is 7.78. The van der Waals surface area contributed by atoms with Crippen LogP contribution in [0.2, 0.25) is 0 Å². The van der Waals surface area contributed by atoms with E-state index in [1.807, 2.05) is 6.92 Å². The van der Waals surface area contributed by atoms with E-state index in [9.17, 15) is 22.4 Å². The molecule has 1 atom stereocenters. The van der Waals surface area contributed by atoms with Crippen LogP contribution in [0.3, 0.4) is 0 Å². The molecule has 1 unspecified atom stereocenters. The molecule has 3 aromatic rings. The van der Waals surface area contributed by atoms with E-state index in [0.717, 1.165) is 9.87 Å². The summed E-state index contributed by atoms with van der Waals surface area (Å²) in [7, 11) is -4.11. The van der Waals surface area contributed by atoms with E-state index in [2.05, 4.69) is 4.98 Å². The number of carbonyl (C=O) groups is 2. The van der Waals surface area contributed by atoms with E-state index < -0.39 is 33.6 Å². The molecule has 3 rings (SSSR count). The van der Waals surface area contributed by atoms with E-state index in [-0.39, 0.29) is 29.3 Å². The number of esters is 1. The number of aromatic amines is 1. The lowest BCUT2D eigenvalue weighted by Crippen LogP contribution is -2.43. The molecule has 0 radical (unpaired) electrons. The lowest BCUT2D eigenvalue weighted by molar-refractivity contribution is 0.0519. The predicted octanol–water partition coefficient (Wildman–Crippen LogP) is 4.72. The number of ketones is 1. The quantitative estimate of drug-likeness (QED) is 0.339. The maximum atomic E-state index is 13.7. The highest BCUT2D eigenvalue weighted by molar-refractivity contribution is 7.89. The maximum Gasteiger partial charge on any atom is 0.355 e. The van der Waals surface area contributed by atoms with Crippen molar-refractivity contribution in [3.63, 3.8) is 0 Å². The lowest BCUT2D eigenvalue weighted by atomic mass is 10.0. The Morgan fingerprint density at radius 1 is 1.03 bits per heavy atom. The van der Waals surface area contributed by atoms with Crippen molar-refractivity contribution < 1.29 is 27.1 Å². The zero-order valence-corrected chi connectivity index (χ0v) is 21.2. The summed E-state index contributed by atoms with van der Waals surface area (Å²) < 4.78 is 47.0. The summed E-state index contributed by atoms with van der Waals surface area (Å²) in [5.74, 6) is -1.50. The van der Waals surface area contributed by atoms with Gasteiger partial charge in [-0.05, 0) is 70.0 Å². The van der Waals surface area contributed by atoms with Gasteiger partial charge in [0.1, 0.15) is 11.5 Å². The Bertz CT molecular complexity index is 1330. The summed E-state index contributed by atoms with van der Waals surface area (Å²) in [5.41, 5.74) is 2.65. The molecule has 7 nitrogen and oxygen atoms in total. The van der Waals surface area contributed by atoms with Gasteiger partial charge in [-0.1, -0.05) is 29.8 Å². The van der Waals surface area contributed by atoms with Gasteiger partial charge in [0, 0.05) is 17.8 Å². The van der Waals surface area contributed by atoms with Gasteiger partial charge in [0.05, 0.1) is 17.5 Å². The molecule has 0 fully saturated rings. The summed E-state index contributed by atoms with van der Waals surface area (Å²) in [5, 5.41) is 0. The number of hydrogen-bond acceptors (Lipinski definition) is 5. The number of sulfonamides is 1. The second kappa shape index (κ2) is 10.5. The number of halogens is 1. The van der Waals surface area contributed by atoms with Crippen molar-refractivity contribution in [2.45, 2.75) is 52.1 Å². The van der Waals surface area contributed by atoms with E-state index in [1.165, 1.54) is 43.3 Å². The third-order valence-electron chi connectivity index (χ3n) is 5.85. The first-order valence-electron chi connectivity index (χ1n) is 11.2. The Kier molecular flexibility index (Phi) is 7.92. The van der Waals surface area contributed by atoms with Gasteiger partial charge < -0.3 is 9.72 Å². The number of benzene rings is 2. The van der Waals surface area contributed by atoms with Crippen molar-refractivity contribution in [1.82, 2.24) is 9.29 Å². The van der Waals surface area contributed by atoms with Crippen molar-refractivity contribution in [1.29, 1.82) is 0 Å². The second-order valence-corrected chi connectivity index (χ2v) is 10.3. The summed E-state index contributed by atoms with van der Waals surface area (Å²) in [6.07, 6.45) is 0. The number of Topliss-reactive ketones (excluding diaryl/α,β-unsaturated/α-hetero) is 1. The molecule has 0 bridgehead atoms. The van der Waals surface area contributed by atoms with Gasteiger partial charge >= 0.3 is 5.97 Å². The molecule has 0 spiro atoms. The SMILES string of the molecule is CCOC(=O)c1[nH]c(C)c(C(=O)C(C)N(Cc2ccc(F)cc2)S(=O)(=O)c2ccc(C)cc2)c1C. The zero-order valence-electron chi connectivity index (χ0n) is 20.4. The summed E-state index contributed by atoms with van der Waals surface area (Å²) in [6, 6.07) is 10.7. The summed E-state index contributed by atoms with van der Waals surface area (Å²) in [4.78, 5) is 28.9. The molecule has 1 N–H and O–H groups in total. The first kappa shape index (κ1) is 26.3. The fraction of sp³-hybridized carbons (Fsp3) is 0.308. The molecule has 0 saturated heterocycles. The number of aryl methyl sites for hydroxylation is 2. The smallest absolute Gasteiger partial charge is 0.355 e. The standard InChI is InChI=1S/C26H29FN2O5S/c1-6-34-26(31)24-17(3)23(18(4)28-24)25(30)19(5)29(15-20-9-11-21(27)12-10-20)35(32,33)22-13-7-16(2)8-14-22/h7-14,19,28H,6,15H2,1-5H3. The molecule has 1 heterocycles. The minimum absolute atomic E-state index is 0.0413. The van der Waals surface area contributed by atoms with Crippen molar-refractivity contribution in [2.75, 3.05) is 6.61 Å². The fourth-order valence-corrected chi connectivity index (χ4v) is 5.49. The average molecular weight is 501 g/mol. The van der Waals surface area contributed by atoms with Crippen LogP contribution in [-0.2, 0) is 21.3 Å². The normalized spacial score (nSPS) is 12.5. The van der Waals surface area contributed by atoms with Gasteiger partial charge in [-0.2, -0.15) is 4.31 Å². The number of rotatable bonds is 9. The van der Waals surface area contributed by atoms with Crippen LogP contribution < -0.4 is 0 Å². The Hall–Kier alpha value is -3.30. The van der Waals surface area contributed by atoms with E-state index >= 15 is 0 Å². The van der Waals surface area contributed by atoms with Gasteiger partial charge in [0.25, 0.3) is 0 Å². The Morgan fingerprint density at radius 2 is 1.63 bits per heavy atom. The van der Waals surface area contributed by atoms with Crippen LogP contribution >= 0.6 is 0 Å². The highest BCUT2D eigenvalue weighted by Crippen LogP contribution is 2.27. The lowest BCUT2D eigenvalue weighted by Gasteiger charge is -2.28. The Balaban J connectivity index is 2.06. The van der Waals surface area contributed by atoms with Crippen molar-refractivity contribution in [2.24, 2.45) is 0 Å². The molecule has 0 aliphatic carbocycles. The van der Waals surface area contributed by atoms with Crippen LogP contribution in [0.4, 0.5) is 4.39 Å². The number of hydrogen-bond donors (Lipinski definition) is 1. The maximum absolute atomic E-state index is 13.7. The average Bonchev–Trinajstić information content (AvgIpc) is 3.12. The van der Waals surface area contributed by atoms with Crippen LogP contribution in [0.1, 0.15) is 57.1 Å². The van der Waals surface area contributed by atoms with Crippen LogP contribution in [0.5, 0.6) is 0 Å². The first-order valence-corrected chi connectivity index (χ1v) is 12.6. The molecule has 0 aliphatic rings. The molecule has 0 aliphatic heterocycles. The summed E-state index contributed by atoms with van der Waals surface area (Å²) >= 11 is 0. The molecule has 1 aromatic heterocycles. The number of aromatic nitrogens is 1. The van der Waals surface area contributed by atoms with Gasteiger partial charge in [-0.3, -0.25) is 4.79 Å². The van der Waals surface area contributed by atoms with E-state index in [4.69, 9.17) is 4.74 Å². The number of ether oxygens (including phenoxy) is 1. The van der Waals surface area contributed by atoms with Gasteiger partial charge in [-0.15, -0.1) is 0 Å². The van der Waals surface area contributed by atoms with E-state index in [0.29, 0.717) is 16.8 Å². The van der Waals surface area contributed by atoms with Crippen LogP contribution in [0, 0.1) is 26.6 Å². The molecule has 0 saturated carbocycles. The van der Waals surface area contributed by atoms with Gasteiger partial charge in [0.2, 0.25) is 10.0 Å². The number of carbonyl (C=O) groups excluding carboxylic acids is 2. The molecular formula is C26H29FN2O5S. The van der Waals surface area contributed by atoms with Crippen molar-refractivity contribution >= 4 is 21.8 Å². The fourth-order valence-electron chi connectivity index (χ4n) is 3.91. The zero-order chi connectivity index (χ0) is 25.9. The molecule has 186 valence electrons. The molecule has 9 heteroatoms. The molecule has 0 amide bonds. The van der Waals surface area contributed by atoms with Crippen LogP contribution in [0.15, 0.2) is 53.4 Å². The number of nitrogens with one attached hydrogen (secondary N) is 1. The molecule has 35 heavy (non-hydrogen) atoms. The van der Waals surface area contributed by atoms with Crippen LogP contribution in [-0.4, -0.2) is 42.1 Å². The highest BCUT2D eigenvalue weighted by atomic mass is 32.2. The molecule has 2 aromatic carbocycles. The summed E-state index contributed by atoms with van der Waals surface area (Å²) in [6.45, 7) is 8.33. The van der Waals surface area contributed by atoms with E-state index in [1.54, 1.807) is 32.9 Å². The number of nitrogens with zero attached hydrogens (tertiary/aromatic N) is 1. The predicted molar refractivity (Wildman–Crippen MR) is 130 cm³/mol. The largest absolute Gasteiger partial charge is 0.461 e. The van der Waals surface area contributed by atoms with Gasteiger partial charge in [0.15, 0.2) is 5.78 Å². The monoisotopic (exact) mass is 500 g/mol. The molecular weight excluding hydrogens is 471 g/mol. The Labute approximate surface area is 205 Å². The minimum Gasteiger partial charge on any atom is -0.461 e. The minimum atomic E-state index is -4.11. The highest BCUT2D eigenvalue weighted by Gasteiger charge is 2.36. The van der Waals surface area contributed by atoms with Crippen molar-refractivity contribution in [3.05, 3.63) is 88.0 Å². The number of H-pyrrole nitrogens is 1. The van der Waals surface area contributed by atoms with Crippen molar-refractivity contribution in [3.8, 4) is 0 Å². The second-order valence-electron chi connectivity index (χ2n) is 8.38.